The third-order valence-electron chi connectivity index (χ3n) is 6.65. The molecule has 0 aliphatic heterocycles. The zero-order valence-electron chi connectivity index (χ0n) is 24.5. The highest BCUT2D eigenvalue weighted by Gasteiger charge is 2.13. The summed E-state index contributed by atoms with van der Waals surface area (Å²) in [5, 5.41) is 0. The van der Waals surface area contributed by atoms with Gasteiger partial charge < -0.3 is 19.1 Å². The first-order chi connectivity index (χ1) is 20.9. The Morgan fingerprint density at radius 1 is 0.488 bits per heavy atom. The van der Waals surface area contributed by atoms with Gasteiger partial charge in [-0.15, -0.1) is 0 Å². The van der Waals surface area contributed by atoms with E-state index in [0.717, 1.165) is 72.3 Å². The van der Waals surface area contributed by atoms with Crippen molar-refractivity contribution in [3.8, 4) is 0 Å². The van der Waals surface area contributed by atoms with Crippen molar-refractivity contribution in [3.63, 3.8) is 0 Å². The molecular weight excluding hydrogens is 542 g/mol. The van der Waals surface area contributed by atoms with Gasteiger partial charge in [-0.2, -0.15) is 0 Å². The van der Waals surface area contributed by atoms with Crippen molar-refractivity contribution in [3.05, 3.63) is 127 Å². The second-order valence-electron chi connectivity index (χ2n) is 9.76. The highest BCUT2D eigenvalue weighted by atomic mass is 16.5. The summed E-state index contributed by atoms with van der Waals surface area (Å²) in [5.41, 5.74) is 6.48. The largest absolute Gasteiger partial charge is 0.463 e. The van der Waals surface area contributed by atoms with Crippen molar-refractivity contribution < 1.29 is 28.6 Å². The maximum absolute atomic E-state index is 11.3. The van der Waals surface area contributed by atoms with Crippen LogP contribution in [-0.2, 0) is 47.9 Å². The molecule has 0 radical (unpaired) electrons. The molecule has 0 amide bonds. The second kappa shape index (κ2) is 17.8. The molecule has 0 fully saturated rings. The van der Waals surface area contributed by atoms with Crippen molar-refractivity contribution in [2.75, 3.05) is 24.7 Å². The van der Waals surface area contributed by atoms with Crippen molar-refractivity contribution in [1.29, 1.82) is 0 Å². The summed E-state index contributed by atoms with van der Waals surface area (Å²) in [4.78, 5) is 36.0. The number of carbonyl (C=O) groups is 3. The third kappa shape index (κ3) is 11.1. The zero-order valence-corrected chi connectivity index (χ0v) is 24.5. The zero-order chi connectivity index (χ0) is 30.9. The first-order valence-electron chi connectivity index (χ1n) is 14.4. The molecule has 0 aliphatic carbocycles. The van der Waals surface area contributed by atoms with Gasteiger partial charge in [0.2, 0.25) is 0 Å². The number of benzene rings is 3. The van der Waals surface area contributed by atoms with E-state index in [1.165, 1.54) is 18.2 Å². The molecule has 0 spiro atoms. The Morgan fingerprint density at radius 3 is 0.977 bits per heavy atom. The smallest absolute Gasteiger partial charge is 0.330 e. The third-order valence-corrected chi connectivity index (χ3v) is 6.65. The predicted octanol–water partition coefficient (Wildman–Crippen LogP) is 7.14. The first kappa shape index (κ1) is 32.6. The Balaban J connectivity index is 1.73. The van der Waals surface area contributed by atoms with Crippen molar-refractivity contribution in [2.45, 2.75) is 38.5 Å². The minimum atomic E-state index is -0.407. The molecule has 0 N–H and O–H groups in total. The molecule has 0 unspecified atom stereocenters. The molecule has 0 saturated heterocycles. The fraction of sp³-hybridized carbons (Fsp3) is 0.250. The van der Waals surface area contributed by atoms with Crippen LogP contribution in [-0.4, -0.2) is 37.7 Å². The monoisotopic (exact) mass is 581 g/mol. The van der Waals surface area contributed by atoms with Gasteiger partial charge in [0.15, 0.2) is 0 Å². The lowest BCUT2D eigenvalue weighted by atomic mass is 10.1. The number of rotatable bonds is 18. The number of hydrogen-bond donors (Lipinski definition) is 0. The van der Waals surface area contributed by atoms with Gasteiger partial charge in [-0.3, -0.25) is 0 Å². The predicted molar refractivity (Wildman–Crippen MR) is 170 cm³/mol. The lowest BCUT2D eigenvalue weighted by molar-refractivity contribution is -0.138. The van der Waals surface area contributed by atoms with Crippen LogP contribution >= 0.6 is 0 Å². The molecule has 3 aromatic rings. The lowest BCUT2D eigenvalue weighted by Crippen LogP contribution is -2.10. The van der Waals surface area contributed by atoms with Gasteiger partial charge in [0.1, 0.15) is 0 Å². The molecule has 7 nitrogen and oxygen atoms in total. The van der Waals surface area contributed by atoms with E-state index in [0.29, 0.717) is 19.8 Å². The minimum absolute atomic E-state index is 0.352. The highest BCUT2D eigenvalue weighted by Crippen LogP contribution is 2.35. The quantitative estimate of drug-likeness (QED) is 0.0683. The van der Waals surface area contributed by atoms with E-state index in [2.05, 4.69) is 97.4 Å². The molecule has 224 valence electrons. The normalized spacial score (nSPS) is 10.3. The summed E-state index contributed by atoms with van der Waals surface area (Å²) in [6.45, 7) is 11.3. The summed E-state index contributed by atoms with van der Waals surface area (Å²) in [6, 6.07) is 25.1. The van der Waals surface area contributed by atoms with Gasteiger partial charge in [0, 0.05) is 35.3 Å². The van der Waals surface area contributed by atoms with E-state index in [1.807, 2.05) is 0 Å². The Hall–Kier alpha value is -4.91. The Labute approximate surface area is 254 Å². The van der Waals surface area contributed by atoms with Gasteiger partial charge in [0.25, 0.3) is 0 Å². The molecule has 0 aliphatic rings. The van der Waals surface area contributed by atoms with E-state index in [1.54, 1.807) is 0 Å². The second-order valence-corrected chi connectivity index (χ2v) is 9.76. The lowest BCUT2D eigenvalue weighted by Gasteiger charge is -2.26. The molecule has 43 heavy (non-hydrogen) atoms. The number of aryl methyl sites for hydroxylation is 3. The van der Waals surface area contributed by atoms with E-state index in [9.17, 15) is 14.4 Å². The molecule has 0 aromatic heterocycles. The van der Waals surface area contributed by atoms with Gasteiger partial charge in [0.05, 0.1) is 19.8 Å². The highest BCUT2D eigenvalue weighted by molar-refractivity contribution is 5.82. The fourth-order valence-corrected chi connectivity index (χ4v) is 4.41. The van der Waals surface area contributed by atoms with E-state index in [-0.39, 0.29) is 0 Å². The fourth-order valence-electron chi connectivity index (χ4n) is 4.41. The maximum atomic E-state index is 11.3. The Morgan fingerprint density at radius 2 is 0.744 bits per heavy atom. The molecule has 0 heterocycles. The van der Waals surface area contributed by atoms with Gasteiger partial charge in [-0.05, 0) is 91.6 Å². The van der Waals surface area contributed by atoms with Crippen molar-refractivity contribution in [2.24, 2.45) is 0 Å². The molecule has 0 atom stereocenters. The van der Waals surface area contributed by atoms with Crippen LogP contribution in [0.3, 0.4) is 0 Å². The van der Waals surface area contributed by atoms with Crippen LogP contribution in [0.5, 0.6) is 0 Å². The molecule has 3 rings (SSSR count). The minimum Gasteiger partial charge on any atom is -0.463 e. The molecule has 0 saturated carbocycles. The average Bonchev–Trinajstić information content (AvgIpc) is 3.05. The number of ether oxygens (including phenoxy) is 3. The number of carbonyl (C=O) groups excluding carboxylic acids is 3. The standard InChI is InChI=1S/C36H39NO6/c1-4-34(38)41-25-7-10-28-13-19-31(20-14-28)37(32-21-15-29(16-22-32)11-8-26-42-35(39)5-2)33-23-17-30(18-24-33)12-9-27-43-36(40)6-3/h4-6,13-24H,1-3,7-12,25-27H2. The maximum Gasteiger partial charge on any atom is 0.330 e. The van der Waals surface area contributed by atoms with Gasteiger partial charge >= 0.3 is 17.9 Å². The van der Waals surface area contributed by atoms with Crippen LogP contribution in [0.25, 0.3) is 0 Å². The Kier molecular flexibility index (Phi) is 13.5. The van der Waals surface area contributed by atoms with Crippen LogP contribution in [0.4, 0.5) is 17.1 Å². The van der Waals surface area contributed by atoms with Crippen LogP contribution in [0.1, 0.15) is 36.0 Å². The first-order valence-corrected chi connectivity index (χ1v) is 14.4. The van der Waals surface area contributed by atoms with Crippen molar-refractivity contribution in [1.82, 2.24) is 0 Å². The summed E-state index contributed by atoms with van der Waals surface area (Å²) < 4.78 is 15.3. The molecular formula is C36H39NO6. The summed E-state index contributed by atoms with van der Waals surface area (Å²) in [6.07, 6.45) is 8.06. The van der Waals surface area contributed by atoms with E-state index >= 15 is 0 Å². The SMILES string of the molecule is C=CC(=O)OCCCc1ccc(N(c2ccc(CCCOC(=O)C=C)cc2)c2ccc(CCCOC(=O)C=C)cc2)cc1. The van der Waals surface area contributed by atoms with E-state index < -0.39 is 17.9 Å². The van der Waals surface area contributed by atoms with E-state index in [4.69, 9.17) is 14.2 Å². The number of nitrogens with zero attached hydrogens (tertiary/aromatic N) is 1. The van der Waals surface area contributed by atoms with Crippen LogP contribution in [0, 0.1) is 0 Å². The average molecular weight is 582 g/mol. The number of anilines is 3. The Bertz CT molecular complexity index is 1190. The summed E-state index contributed by atoms with van der Waals surface area (Å²) in [7, 11) is 0. The van der Waals surface area contributed by atoms with Crippen LogP contribution in [0.15, 0.2) is 111 Å². The summed E-state index contributed by atoms with van der Waals surface area (Å²) >= 11 is 0. The molecule has 7 heteroatoms. The van der Waals surface area contributed by atoms with Crippen molar-refractivity contribution >= 4 is 35.0 Å². The topological polar surface area (TPSA) is 82.1 Å². The van der Waals surface area contributed by atoms with Gasteiger partial charge in [-0.25, -0.2) is 14.4 Å². The molecule has 3 aromatic carbocycles. The van der Waals surface area contributed by atoms with Crippen LogP contribution in [0.2, 0.25) is 0 Å². The van der Waals surface area contributed by atoms with Crippen LogP contribution < -0.4 is 4.90 Å². The molecule has 0 bridgehead atoms. The number of esters is 3. The van der Waals surface area contributed by atoms with Gasteiger partial charge in [-0.1, -0.05) is 56.1 Å². The summed E-state index contributed by atoms with van der Waals surface area (Å²) in [5.74, 6) is -1.22. The number of hydrogen-bond acceptors (Lipinski definition) is 7.